The van der Waals surface area contributed by atoms with Crippen LogP contribution in [-0.4, -0.2) is 65.1 Å². The minimum Gasteiger partial charge on any atom is -0.369 e. The number of hydrogen-bond acceptors (Lipinski definition) is 6. The summed E-state index contributed by atoms with van der Waals surface area (Å²) in [7, 11) is 0. The summed E-state index contributed by atoms with van der Waals surface area (Å²) in [5.74, 6) is 1.23. The van der Waals surface area contributed by atoms with E-state index in [-0.39, 0.29) is 5.91 Å². The molecule has 0 aliphatic carbocycles. The number of aryl methyl sites for hydroxylation is 2. The fourth-order valence-corrected chi connectivity index (χ4v) is 3.42. The molecule has 2 heterocycles. The second-order valence-corrected chi connectivity index (χ2v) is 7.06. The highest BCUT2D eigenvalue weighted by Crippen LogP contribution is 2.18. The van der Waals surface area contributed by atoms with E-state index in [9.17, 15) is 4.79 Å². The average Bonchev–Trinajstić information content (AvgIpc) is 3.09. The summed E-state index contributed by atoms with van der Waals surface area (Å²) in [5.41, 5.74) is 2.58. The largest absolute Gasteiger partial charge is 0.369 e. The second kappa shape index (κ2) is 8.99. The molecule has 7 nitrogen and oxygen atoms in total. The van der Waals surface area contributed by atoms with E-state index in [2.05, 4.69) is 51.1 Å². The Kier molecular flexibility index (Phi) is 6.45. The van der Waals surface area contributed by atoms with E-state index >= 15 is 0 Å². The zero-order chi connectivity index (χ0) is 19.2. The van der Waals surface area contributed by atoms with Gasteiger partial charge in [-0.3, -0.25) is 9.69 Å². The van der Waals surface area contributed by atoms with Crippen LogP contribution in [0.15, 0.2) is 28.8 Å². The molecule has 1 aliphatic rings. The number of benzene rings is 1. The molecule has 1 aromatic heterocycles. The van der Waals surface area contributed by atoms with Crippen LogP contribution >= 0.6 is 0 Å². The van der Waals surface area contributed by atoms with Crippen molar-refractivity contribution in [3.63, 3.8) is 0 Å². The molecular weight excluding hydrogens is 342 g/mol. The van der Waals surface area contributed by atoms with Crippen LogP contribution in [0.2, 0.25) is 0 Å². The van der Waals surface area contributed by atoms with Gasteiger partial charge in [-0.15, -0.1) is 0 Å². The first-order valence-corrected chi connectivity index (χ1v) is 9.66. The lowest BCUT2D eigenvalue weighted by molar-refractivity contribution is -0.132. The van der Waals surface area contributed by atoms with Crippen LogP contribution in [0.5, 0.6) is 0 Å². The predicted molar refractivity (Wildman–Crippen MR) is 105 cm³/mol. The van der Waals surface area contributed by atoms with E-state index in [0.29, 0.717) is 31.2 Å². The van der Waals surface area contributed by atoms with Crippen LogP contribution in [0.3, 0.4) is 0 Å². The number of piperazine rings is 1. The van der Waals surface area contributed by atoms with E-state index in [0.717, 1.165) is 32.7 Å². The van der Waals surface area contributed by atoms with Crippen LogP contribution in [-0.2, 0) is 11.3 Å². The Morgan fingerprint density at radius 3 is 2.63 bits per heavy atom. The van der Waals surface area contributed by atoms with Crippen molar-refractivity contribution in [3.8, 4) is 0 Å². The van der Waals surface area contributed by atoms with Crippen LogP contribution in [0.4, 0.5) is 5.69 Å². The molecule has 1 aliphatic heterocycles. The Morgan fingerprint density at radius 1 is 1.22 bits per heavy atom. The fraction of sp³-hybridized carbons (Fsp3) is 0.550. The number of amides is 1. The molecule has 0 unspecified atom stereocenters. The molecule has 0 saturated carbocycles. The lowest BCUT2D eigenvalue weighted by Gasteiger charge is -2.36. The summed E-state index contributed by atoms with van der Waals surface area (Å²) in [6.07, 6.45) is 0.523. The van der Waals surface area contributed by atoms with Gasteiger partial charge in [-0.25, -0.2) is 0 Å². The number of nitrogens with zero attached hydrogens (tertiary/aromatic N) is 5. The molecule has 1 amide bonds. The first kappa shape index (κ1) is 19.4. The predicted octanol–water partition coefficient (Wildman–Crippen LogP) is 2.25. The van der Waals surface area contributed by atoms with Gasteiger partial charge < -0.3 is 14.3 Å². The Morgan fingerprint density at radius 2 is 2.00 bits per heavy atom. The van der Waals surface area contributed by atoms with Gasteiger partial charge in [-0.05, 0) is 31.5 Å². The SMILES string of the molecule is CCN(Cc1noc(C)n1)C(=O)CCN1CCN(c2cccc(C)c2)CC1. The monoisotopic (exact) mass is 371 g/mol. The highest BCUT2D eigenvalue weighted by molar-refractivity contribution is 5.76. The molecule has 1 saturated heterocycles. The number of carbonyl (C=O) groups is 1. The first-order chi connectivity index (χ1) is 13.0. The van der Waals surface area contributed by atoms with Gasteiger partial charge in [0.15, 0.2) is 5.82 Å². The molecule has 1 aromatic carbocycles. The van der Waals surface area contributed by atoms with E-state index in [1.807, 2.05) is 6.92 Å². The van der Waals surface area contributed by atoms with Gasteiger partial charge in [0, 0.05) is 58.3 Å². The molecule has 27 heavy (non-hydrogen) atoms. The number of rotatable bonds is 7. The van der Waals surface area contributed by atoms with Crippen molar-refractivity contribution in [1.29, 1.82) is 0 Å². The smallest absolute Gasteiger partial charge is 0.224 e. The van der Waals surface area contributed by atoms with Gasteiger partial charge in [-0.1, -0.05) is 17.3 Å². The van der Waals surface area contributed by atoms with Gasteiger partial charge >= 0.3 is 0 Å². The molecule has 7 heteroatoms. The Balaban J connectivity index is 1.44. The topological polar surface area (TPSA) is 65.7 Å². The minimum atomic E-state index is 0.140. The molecule has 1 fully saturated rings. The molecular formula is C20H29N5O2. The van der Waals surface area contributed by atoms with Gasteiger partial charge in [0.2, 0.25) is 11.8 Å². The summed E-state index contributed by atoms with van der Waals surface area (Å²) in [6, 6.07) is 8.64. The van der Waals surface area contributed by atoms with Crippen LogP contribution < -0.4 is 4.90 Å². The van der Waals surface area contributed by atoms with Crippen molar-refractivity contribution in [3.05, 3.63) is 41.5 Å². The standard InChI is InChI=1S/C20H29N5O2/c1-4-24(15-19-21-17(3)27-22-19)20(26)8-9-23-10-12-25(13-11-23)18-7-5-6-16(2)14-18/h5-7,14H,4,8-13,15H2,1-3H3. The first-order valence-electron chi connectivity index (χ1n) is 9.66. The summed E-state index contributed by atoms with van der Waals surface area (Å²) < 4.78 is 4.99. The van der Waals surface area contributed by atoms with Gasteiger partial charge in [0.25, 0.3) is 0 Å². The maximum atomic E-state index is 12.6. The quantitative estimate of drug-likeness (QED) is 0.744. The third-order valence-electron chi connectivity index (χ3n) is 5.02. The molecule has 0 N–H and O–H groups in total. The molecule has 0 radical (unpaired) electrons. The highest BCUT2D eigenvalue weighted by atomic mass is 16.5. The second-order valence-electron chi connectivity index (χ2n) is 7.06. The maximum Gasteiger partial charge on any atom is 0.224 e. The zero-order valence-corrected chi connectivity index (χ0v) is 16.5. The van der Waals surface area contributed by atoms with E-state index in [4.69, 9.17) is 4.52 Å². The summed E-state index contributed by atoms with van der Waals surface area (Å²) in [6.45, 7) is 11.7. The summed E-state index contributed by atoms with van der Waals surface area (Å²) in [4.78, 5) is 23.3. The van der Waals surface area contributed by atoms with E-state index in [1.165, 1.54) is 11.3 Å². The van der Waals surface area contributed by atoms with Crippen LogP contribution in [0, 0.1) is 13.8 Å². The van der Waals surface area contributed by atoms with Crippen molar-refractivity contribution in [1.82, 2.24) is 19.9 Å². The molecule has 146 valence electrons. The van der Waals surface area contributed by atoms with Gasteiger partial charge in [0.1, 0.15) is 0 Å². The Labute approximate surface area is 160 Å². The lowest BCUT2D eigenvalue weighted by atomic mass is 10.2. The minimum absolute atomic E-state index is 0.140. The van der Waals surface area contributed by atoms with Crippen molar-refractivity contribution >= 4 is 11.6 Å². The number of aromatic nitrogens is 2. The molecule has 0 atom stereocenters. The fourth-order valence-electron chi connectivity index (χ4n) is 3.42. The Hall–Kier alpha value is -2.41. The summed E-state index contributed by atoms with van der Waals surface area (Å²) >= 11 is 0. The number of carbonyl (C=O) groups excluding carboxylic acids is 1. The van der Waals surface area contributed by atoms with Crippen molar-refractivity contribution < 1.29 is 9.32 Å². The van der Waals surface area contributed by atoms with E-state index < -0.39 is 0 Å². The van der Waals surface area contributed by atoms with E-state index in [1.54, 1.807) is 11.8 Å². The maximum absolute atomic E-state index is 12.6. The molecule has 0 bridgehead atoms. The number of hydrogen-bond donors (Lipinski definition) is 0. The van der Waals surface area contributed by atoms with Gasteiger partial charge in [-0.2, -0.15) is 4.98 Å². The van der Waals surface area contributed by atoms with Gasteiger partial charge in [0.05, 0.1) is 6.54 Å². The summed E-state index contributed by atoms with van der Waals surface area (Å²) in [5, 5.41) is 3.88. The van der Waals surface area contributed by atoms with Crippen molar-refractivity contribution in [2.75, 3.05) is 44.2 Å². The highest BCUT2D eigenvalue weighted by Gasteiger charge is 2.20. The molecule has 2 aromatic rings. The van der Waals surface area contributed by atoms with Crippen LogP contribution in [0.25, 0.3) is 0 Å². The molecule has 3 rings (SSSR count). The Bertz CT molecular complexity index is 752. The number of anilines is 1. The van der Waals surface area contributed by atoms with Crippen molar-refractivity contribution in [2.24, 2.45) is 0 Å². The zero-order valence-electron chi connectivity index (χ0n) is 16.5. The third kappa shape index (κ3) is 5.29. The average molecular weight is 371 g/mol. The lowest BCUT2D eigenvalue weighted by Crippen LogP contribution is -2.47. The molecule has 0 spiro atoms. The normalized spacial score (nSPS) is 15.1. The third-order valence-corrected chi connectivity index (χ3v) is 5.02. The van der Waals surface area contributed by atoms with Crippen LogP contribution in [0.1, 0.15) is 30.6 Å². The van der Waals surface area contributed by atoms with Crippen molar-refractivity contribution in [2.45, 2.75) is 33.7 Å².